The van der Waals surface area contributed by atoms with E-state index in [2.05, 4.69) is 0 Å². The second kappa shape index (κ2) is 9.58. The molecule has 0 spiro atoms. The molecule has 0 bridgehead atoms. The third kappa shape index (κ3) is 4.98. The molecule has 1 saturated heterocycles. The van der Waals surface area contributed by atoms with Crippen molar-refractivity contribution in [3.8, 4) is 0 Å². The van der Waals surface area contributed by atoms with E-state index in [1.165, 1.54) is 27.7 Å². The summed E-state index contributed by atoms with van der Waals surface area (Å²) in [5.74, 6) is -1.48. The van der Waals surface area contributed by atoms with Crippen molar-refractivity contribution in [3.63, 3.8) is 0 Å². The van der Waals surface area contributed by atoms with Gasteiger partial charge in [0.25, 0.3) is 17.4 Å². The van der Waals surface area contributed by atoms with E-state index in [-0.39, 0.29) is 53.8 Å². The Morgan fingerprint density at radius 2 is 1.58 bits per heavy atom. The van der Waals surface area contributed by atoms with Crippen LogP contribution in [-0.2, 0) is 6.54 Å². The normalized spacial score (nSPS) is 13.8. The van der Waals surface area contributed by atoms with Gasteiger partial charge in [-0.15, -0.1) is 0 Å². The number of halogens is 2. The molecule has 0 aliphatic carbocycles. The van der Waals surface area contributed by atoms with Gasteiger partial charge in [-0.25, -0.2) is 4.39 Å². The highest BCUT2D eigenvalue weighted by molar-refractivity contribution is 6.31. The number of rotatable bonds is 4. The predicted molar refractivity (Wildman–Crippen MR) is 124 cm³/mol. The summed E-state index contributed by atoms with van der Waals surface area (Å²) in [7, 11) is 0. The zero-order valence-corrected chi connectivity index (χ0v) is 18.9. The number of piperazine rings is 1. The highest BCUT2D eigenvalue weighted by atomic mass is 35.5. The van der Waals surface area contributed by atoms with Crippen LogP contribution in [0, 0.1) is 12.7 Å². The number of pyridine rings is 1. The maximum atomic E-state index is 14.1. The molecule has 4 rings (SSSR count). The first kappa shape index (κ1) is 22.7. The second-order valence-electron chi connectivity index (χ2n) is 8.05. The van der Waals surface area contributed by atoms with Crippen LogP contribution in [0.3, 0.4) is 0 Å². The van der Waals surface area contributed by atoms with Crippen LogP contribution >= 0.6 is 11.6 Å². The van der Waals surface area contributed by atoms with Crippen LogP contribution < -0.4 is 5.56 Å². The molecule has 1 aromatic heterocycles. The number of carbonyl (C=O) groups is 2. The smallest absolute Gasteiger partial charge is 0.263 e. The standard InChI is InChI=1S/C25H23ClFN3O3/c1-17-4-2-5-18(14-17)16-30-9-3-6-20(24(30)32)23(31)28-10-12-29(13-11-28)25(33)21-15-19(26)7-8-22(21)27/h2-9,14-15H,10-13,16H2,1H3. The van der Waals surface area contributed by atoms with Crippen LogP contribution in [0.5, 0.6) is 0 Å². The maximum absolute atomic E-state index is 14.1. The van der Waals surface area contributed by atoms with Crippen molar-refractivity contribution < 1.29 is 14.0 Å². The molecule has 3 aromatic rings. The fraction of sp³-hybridized carbons (Fsp3) is 0.240. The number of amides is 2. The van der Waals surface area contributed by atoms with Crippen LogP contribution in [0.15, 0.2) is 65.6 Å². The molecule has 2 heterocycles. The summed E-state index contributed by atoms with van der Waals surface area (Å²) in [6.45, 7) is 3.33. The number of aryl methyl sites for hydroxylation is 1. The molecule has 1 fully saturated rings. The van der Waals surface area contributed by atoms with E-state index in [1.807, 2.05) is 31.2 Å². The number of benzene rings is 2. The summed E-state index contributed by atoms with van der Waals surface area (Å²) in [4.78, 5) is 41.7. The van der Waals surface area contributed by atoms with Crippen LogP contribution in [0.4, 0.5) is 4.39 Å². The molecule has 2 amide bonds. The Labute approximate surface area is 195 Å². The molecule has 0 unspecified atom stereocenters. The van der Waals surface area contributed by atoms with Crippen molar-refractivity contribution in [2.24, 2.45) is 0 Å². The molecule has 2 aromatic carbocycles. The summed E-state index contributed by atoms with van der Waals surface area (Å²) in [6.07, 6.45) is 1.66. The highest BCUT2D eigenvalue weighted by Gasteiger charge is 2.28. The Kier molecular flexibility index (Phi) is 6.60. The van der Waals surface area contributed by atoms with Gasteiger partial charge in [-0.1, -0.05) is 41.4 Å². The fourth-order valence-corrected chi connectivity index (χ4v) is 4.12. The van der Waals surface area contributed by atoms with Crippen molar-refractivity contribution in [3.05, 3.63) is 104 Å². The second-order valence-corrected chi connectivity index (χ2v) is 8.49. The molecule has 0 N–H and O–H groups in total. The lowest BCUT2D eigenvalue weighted by molar-refractivity contribution is 0.0531. The highest BCUT2D eigenvalue weighted by Crippen LogP contribution is 2.18. The van der Waals surface area contributed by atoms with Crippen LogP contribution in [0.25, 0.3) is 0 Å². The van der Waals surface area contributed by atoms with Gasteiger partial charge in [0.05, 0.1) is 12.1 Å². The van der Waals surface area contributed by atoms with E-state index >= 15 is 0 Å². The third-order valence-electron chi connectivity index (χ3n) is 5.70. The van der Waals surface area contributed by atoms with Crippen molar-refractivity contribution in [2.45, 2.75) is 13.5 Å². The Morgan fingerprint density at radius 3 is 2.24 bits per heavy atom. The molecule has 0 atom stereocenters. The number of nitrogens with zero attached hydrogens (tertiary/aromatic N) is 3. The predicted octanol–water partition coefficient (Wildman–Crippen LogP) is 3.60. The molecule has 33 heavy (non-hydrogen) atoms. The van der Waals surface area contributed by atoms with E-state index in [0.717, 1.165) is 17.2 Å². The average molecular weight is 468 g/mol. The molecule has 6 nitrogen and oxygen atoms in total. The van der Waals surface area contributed by atoms with E-state index in [0.29, 0.717) is 6.54 Å². The Balaban J connectivity index is 1.45. The van der Waals surface area contributed by atoms with Crippen LogP contribution in [0.2, 0.25) is 5.02 Å². The summed E-state index contributed by atoms with van der Waals surface area (Å²) >= 11 is 5.90. The van der Waals surface area contributed by atoms with Crippen molar-refractivity contribution in [1.29, 1.82) is 0 Å². The molecule has 170 valence electrons. The molecule has 8 heteroatoms. The topological polar surface area (TPSA) is 62.6 Å². The van der Waals surface area contributed by atoms with Gasteiger partial charge in [-0.3, -0.25) is 14.4 Å². The van der Waals surface area contributed by atoms with Gasteiger partial charge in [0.1, 0.15) is 11.4 Å². The van der Waals surface area contributed by atoms with Gasteiger partial charge in [0.2, 0.25) is 0 Å². The lowest BCUT2D eigenvalue weighted by atomic mass is 10.1. The summed E-state index contributed by atoms with van der Waals surface area (Å²) in [5.41, 5.74) is 1.71. The minimum atomic E-state index is -0.638. The molecule has 0 saturated carbocycles. The number of hydrogen-bond acceptors (Lipinski definition) is 3. The summed E-state index contributed by atoms with van der Waals surface area (Å²) in [5, 5.41) is 0.277. The van der Waals surface area contributed by atoms with Crippen molar-refractivity contribution in [1.82, 2.24) is 14.4 Å². The van der Waals surface area contributed by atoms with E-state index in [1.54, 1.807) is 17.2 Å². The van der Waals surface area contributed by atoms with Gasteiger partial charge in [-0.2, -0.15) is 0 Å². The van der Waals surface area contributed by atoms with Gasteiger partial charge in [0, 0.05) is 37.4 Å². The zero-order chi connectivity index (χ0) is 23.5. The first-order valence-electron chi connectivity index (χ1n) is 10.6. The van der Waals surface area contributed by atoms with Gasteiger partial charge >= 0.3 is 0 Å². The zero-order valence-electron chi connectivity index (χ0n) is 18.1. The summed E-state index contributed by atoms with van der Waals surface area (Å²) < 4.78 is 15.6. The fourth-order valence-electron chi connectivity index (χ4n) is 3.95. The van der Waals surface area contributed by atoms with E-state index in [4.69, 9.17) is 11.6 Å². The maximum Gasteiger partial charge on any atom is 0.263 e. The van der Waals surface area contributed by atoms with Gasteiger partial charge < -0.3 is 14.4 Å². The number of aromatic nitrogens is 1. The van der Waals surface area contributed by atoms with Crippen molar-refractivity contribution >= 4 is 23.4 Å². The Bertz CT molecular complexity index is 1270. The number of hydrogen-bond donors (Lipinski definition) is 0. The van der Waals surface area contributed by atoms with Crippen LogP contribution in [-0.4, -0.2) is 52.4 Å². The largest absolute Gasteiger partial charge is 0.335 e. The quantitative estimate of drug-likeness (QED) is 0.589. The first-order chi connectivity index (χ1) is 15.8. The monoisotopic (exact) mass is 467 g/mol. The average Bonchev–Trinajstić information content (AvgIpc) is 2.81. The third-order valence-corrected chi connectivity index (χ3v) is 5.93. The number of carbonyl (C=O) groups excluding carboxylic acids is 2. The van der Waals surface area contributed by atoms with Crippen molar-refractivity contribution in [2.75, 3.05) is 26.2 Å². The lowest BCUT2D eigenvalue weighted by Gasteiger charge is -2.34. The Hall–Kier alpha value is -3.45. The molecule has 0 radical (unpaired) electrons. The van der Waals surface area contributed by atoms with E-state index in [9.17, 15) is 18.8 Å². The molecular formula is C25H23ClFN3O3. The molecule has 1 aliphatic heterocycles. The van der Waals surface area contributed by atoms with E-state index < -0.39 is 11.7 Å². The Morgan fingerprint density at radius 1 is 0.909 bits per heavy atom. The lowest BCUT2D eigenvalue weighted by Crippen LogP contribution is -2.51. The SMILES string of the molecule is Cc1cccc(Cn2cccc(C(=O)N3CCN(C(=O)c4cc(Cl)ccc4F)CC3)c2=O)c1. The summed E-state index contributed by atoms with van der Waals surface area (Å²) in [6, 6.07) is 14.9. The molecule has 1 aliphatic rings. The first-order valence-corrected chi connectivity index (χ1v) is 11.0. The molecular weight excluding hydrogens is 445 g/mol. The van der Waals surface area contributed by atoms with Gasteiger partial charge in [-0.05, 0) is 42.8 Å². The minimum absolute atomic E-state index is 0.0887. The van der Waals surface area contributed by atoms with Gasteiger partial charge in [0.15, 0.2) is 0 Å². The minimum Gasteiger partial charge on any atom is -0.335 e. The van der Waals surface area contributed by atoms with Crippen LogP contribution in [0.1, 0.15) is 31.8 Å².